The number of hydrogen-bond donors (Lipinski definition) is 2. The van der Waals surface area contributed by atoms with Crippen LogP contribution in [0.2, 0.25) is 5.02 Å². The lowest BCUT2D eigenvalue weighted by molar-refractivity contribution is -0.116. The lowest BCUT2D eigenvalue weighted by atomic mass is 10.2. The monoisotopic (exact) mass is 326 g/mol. The molecular formula is C10H13BrCl2N2O. The lowest BCUT2D eigenvalue weighted by Gasteiger charge is -2.05. The number of rotatable bonds is 4. The van der Waals surface area contributed by atoms with Crippen molar-refractivity contribution in [2.75, 3.05) is 11.9 Å². The summed E-state index contributed by atoms with van der Waals surface area (Å²) in [5.41, 5.74) is 6.04. The average molecular weight is 328 g/mol. The van der Waals surface area contributed by atoms with Gasteiger partial charge in [-0.1, -0.05) is 11.6 Å². The molecule has 90 valence electrons. The Kier molecular flexibility index (Phi) is 7.76. The Balaban J connectivity index is 0.00000225. The van der Waals surface area contributed by atoms with Gasteiger partial charge in [0, 0.05) is 16.6 Å². The number of anilines is 1. The summed E-state index contributed by atoms with van der Waals surface area (Å²) in [6, 6.07) is 5.25. The van der Waals surface area contributed by atoms with Crippen LogP contribution in [0.4, 0.5) is 5.69 Å². The van der Waals surface area contributed by atoms with Crippen LogP contribution in [-0.2, 0) is 4.79 Å². The van der Waals surface area contributed by atoms with Gasteiger partial charge < -0.3 is 11.1 Å². The number of carbonyl (C=O) groups is 1. The number of hydrogen-bond acceptors (Lipinski definition) is 2. The molecule has 0 spiro atoms. The van der Waals surface area contributed by atoms with Gasteiger partial charge >= 0.3 is 0 Å². The van der Waals surface area contributed by atoms with Crippen molar-refractivity contribution in [2.45, 2.75) is 12.8 Å². The highest BCUT2D eigenvalue weighted by Gasteiger charge is 2.03. The van der Waals surface area contributed by atoms with Gasteiger partial charge in [0.1, 0.15) is 0 Å². The Morgan fingerprint density at radius 2 is 2.19 bits per heavy atom. The first-order chi connectivity index (χ1) is 7.13. The summed E-state index contributed by atoms with van der Waals surface area (Å²) in [6.45, 7) is 0.526. The number of halogens is 3. The van der Waals surface area contributed by atoms with Crippen molar-refractivity contribution in [1.82, 2.24) is 0 Å². The fourth-order valence-corrected chi connectivity index (χ4v) is 1.56. The maximum atomic E-state index is 11.4. The van der Waals surface area contributed by atoms with Crippen molar-refractivity contribution in [3.63, 3.8) is 0 Å². The number of amides is 1. The van der Waals surface area contributed by atoms with E-state index in [9.17, 15) is 4.79 Å². The minimum atomic E-state index is -0.0327. The van der Waals surface area contributed by atoms with Gasteiger partial charge in [0.05, 0.1) is 5.02 Å². The molecule has 0 radical (unpaired) electrons. The molecule has 0 unspecified atom stereocenters. The molecule has 0 aliphatic carbocycles. The zero-order valence-electron chi connectivity index (χ0n) is 8.50. The highest BCUT2D eigenvalue weighted by molar-refractivity contribution is 9.10. The van der Waals surface area contributed by atoms with E-state index in [1.807, 2.05) is 0 Å². The molecule has 0 heterocycles. The van der Waals surface area contributed by atoms with E-state index < -0.39 is 0 Å². The molecule has 16 heavy (non-hydrogen) atoms. The SMILES string of the molecule is Cl.NCCCC(=O)Nc1ccc(Cl)c(Br)c1. The minimum absolute atomic E-state index is 0. The molecule has 3 N–H and O–H groups in total. The first-order valence-corrected chi connectivity index (χ1v) is 5.75. The molecule has 1 aromatic carbocycles. The average Bonchev–Trinajstić information content (AvgIpc) is 2.20. The second kappa shape index (κ2) is 7.90. The van der Waals surface area contributed by atoms with Gasteiger partial charge in [0.15, 0.2) is 0 Å². The van der Waals surface area contributed by atoms with E-state index in [0.717, 1.165) is 10.2 Å². The second-order valence-electron chi connectivity index (χ2n) is 3.07. The van der Waals surface area contributed by atoms with E-state index >= 15 is 0 Å². The predicted octanol–water partition coefficient (Wildman–Crippen LogP) is 3.20. The summed E-state index contributed by atoms with van der Waals surface area (Å²) in [7, 11) is 0. The Bertz CT molecular complexity index is 361. The lowest BCUT2D eigenvalue weighted by Crippen LogP contribution is -2.13. The molecule has 1 aromatic rings. The highest BCUT2D eigenvalue weighted by Crippen LogP contribution is 2.25. The molecule has 0 bridgehead atoms. The summed E-state index contributed by atoms with van der Waals surface area (Å²) in [6.07, 6.45) is 1.14. The Morgan fingerprint density at radius 1 is 1.50 bits per heavy atom. The molecule has 0 atom stereocenters. The maximum absolute atomic E-state index is 11.4. The zero-order valence-corrected chi connectivity index (χ0v) is 11.7. The molecular weight excluding hydrogens is 315 g/mol. The van der Waals surface area contributed by atoms with E-state index in [-0.39, 0.29) is 18.3 Å². The van der Waals surface area contributed by atoms with Gasteiger partial charge in [-0.25, -0.2) is 0 Å². The molecule has 0 saturated carbocycles. The number of carbonyl (C=O) groups excluding carboxylic acids is 1. The van der Waals surface area contributed by atoms with Crippen molar-refractivity contribution >= 4 is 51.5 Å². The van der Waals surface area contributed by atoms with E-state index in [1.54, 1.807) is 18.2 Å². The fraction of sp³-hybridized carbons (Fsp3) is 0.300. The Morgan fingerprint density at radius 3 is 2.75 bits per heavy atom. The summed E-state index contributed by atoms with van der Waals surface area (Å²) >= 11 is 9.11. The van der Waals surface area contributed by atoms with Crippen LogP contribution in [0.25, 0.3) is 0 Å². The Labute approximate surface area is 114 Å². The Hall–Kier alpha value is -0.290. The van der Waals surface area contributed by atoms with Crippen LogP contribution in [0.15, 0.2) is 22.7 Å². The van der Waals surface area contributed by atoms with Crippen molar-refractivity contribution in [3.8, 4) is 0 Å². The molecule has 6 heteroatoms. The van der Waals surface area contributed by atoms with Crippen molar-refractivity contribution < 1.29 is 4.79 Å². The molecule has 0 saturated heterocycles. The van der Waals surface area contributed by atoms with Crippen LogP contribution >= 0.6 is 39.9 Å². The van der Waals surface area contributed by atoms with Crippen molar-refractivity contribution in [1.29, 1.82) is 0 Å². The maximum Gasteiger partial charge on any atom is 0.224 e. The summed E-state index contributed by atoms with van der Waals surface area (Å²) in [5, 5.41) is 3.38. The first kappa shape index (κ1) is 15.7. The largest absolute Gasteiger partial charge is 0.330 e. The van der Waals surface area contributed by atoms with Crippen LogP contribution in [0, 0.1) is 0 Å². The summed E-state index contributed by atoms with van der Waals surface area (Å²) in [5.74, 6) is -0.0327. The molecule has 0 aliphatic heterocycles. The van der Waals surface area contributed by atoms with Crippen molar-refractivity contribution in [3.05, 3.63) is 27.7 Å². The van der Waals surface area contributed by atoms with Gasteiger partial charge in [0.25, 0.3) is 0 Å². The van der Waals surface area contributed by atoms with Gasteiger partial charge in [-0.05, 0) is 47.1 Å². The third-order valence-corrected chi connectivity index (χ3v) is 3.03. The van der Waals surface area contributed by atoms with Gasteiger partial charge in [-0.2, -0.15) is 0 Å². The molecule has 0 aliphatic rings. The number of nitrogens with two attached hydrogens (primary N) is 1. The van der Waals surface area contributed by atoms with E-state index in [1.165, 1.54) is 0 Å². The predicted molar refractivity (Wildman–Crippen MR) is 73.3 cm³/mol. The summed E-state index contributed by atoms with van der Waals surface area (Å²) in [4.78, 5) is 11.4. The van der Waals surface area contributed by atoms with E-state index in [2.05, 4.69) is 21.2 Å². The van der Waals surface area contributed by atoms with Crippen molar-refractivity contribution in [2.24, 2.45) is 5.73 Å². The topological polar surface area (TPSA) is 55.1 Å². The smallest absolute Gasteiger partial charge is 0.224 e. The molecule has 3 nitrogen and oxygen atoms in total. The van der Waals surface area contributed by atoms with Gasteiger partial charge in [-0.15, -0.1) is 12.4 Å². The quantitative estimate of drug-likeness (QED) is 0.892. The molecule has 0 fully saturated rings. The van der Waals surface area contributed by atoms with Crippen LogP contribution < -0.4 is 11.1 Å². The fourth-order valence-electron chi connectivity index (χ4n) is 1.06. The van der Waals surface area contributed by atoms with Crippen LogP contribution in [0.5, 0.6) is 0 Å². The zero-order chi connectivity index (χ0) is 11.3. The molecule has 1 amide bonds. The standard InChI is InChI=1S/C10H12BrClN2O.ClH/c11-8-6-7(3-4-9(8)12)14-10(15)2-1-5-13;/h3-4,6H,1-2,5,13H2,(H,14,15);1H. The highest BCUT2D eigenvalue weighted by atomic mass is 79.9. The number of nitrogens with one attached hydrogen (secondary N) is 1. The van der Waals surface area contributed by atoms with Gasteiger partial charge in [-0.3, -0.25) is 4.79 Å². The third-order valence-electron chi connectivity index (χ3n) is 1.81. The number of benzene rings is 1. The van der Waals surface area contributed by atoms with E-state index in [0.29, 0.717) is 24.4 Å². The van der Waals surface area contributed by atoms with E-state index in [4.69, 9.17) is 17.3 Å². The first-order valence-electron chi connectivity index (χ1n) is 4.58. The third kappa shape index (κ3) is 5.16. The minimum Gasteiger partial charge on any atom is -0.330 e. The normalized spacial score (nSPS) is 9.44. The van der Waals surface area contributed by atoms with Crippen LogP contribution in [-0.4, -0.2) is 12.5 Å². The molecule has 0 aromatic heterocycles. The molecule has 1 rings (SSSR count). The van der Waals surface area contributed by atoms with Gasteiger partial charge in [0.2, 0.25) is 5.91 Å². The van der Waals surface area contributed by atoms with Crippen LogP contribution in [0.3, 0.4) is 0 Å². The summed E-state index contributed by atoms with van der Waals surface area (Å²) < 4.78 is 0.765. The van der Waals surface area contributed by atoms with Crippen LogP contribution in [0.1, 0.15) is 12.8 Å². The second-order valence-corrected chi connectivity index (χ2v) is 4.33.